The van der Waals surface area contributed by atoms with Gasteiger partial charge in [0.2, 0.25) is 0 Å². The molecule has 2 heteroatoms. The zero-order valence-electron chi connectivity index (χ0n) is 13.6. The van der Waals surface area contributed by atoms with Crippen LogP contribution >= 0.6 is 0 Å². The molecule has 0 aliphatic rings. The minimum Gasteiger partial charge on any atom is -0.381 e. The molecule has 0 aliphatic carbocycles. The van der Waals surface area contributed by atoms with E-state index < -0.39 is 0 Å². The number of nitrogens with one attached hydrogen (secondary N) is 1. The van der Waals surface area contributed by atoms with Crippen LogP contribution in [0.5, 0.6) is 0 Å². The monoisotopic (exact) mass is 314 g/mol. The molecule has 120 valence electrons. The molecule has 3 rings (SSSR count). The van der Waals surface area contributed by atoms with Crippen LogP contribution in [0.2, 0.25) is 0 Å². The van der Waals surface area contributed by atoms with E-state index in [0.29, 0.717) is 0 Å². The fraction of sp³-hybridized carbons (Fsp3) is 0.0909. The van der Waals surface area contributed by atoms with Crippen molar-refractivity contribution in [2.45, 2.75) is 12.6 Å². The first kappa shape index (κ1) is 16.0. The van der Waals surface area contributed by atoms with E-state index in [1.54, 1.807) is 0 Å². The fourth-order valence-corrected chi connectivity index (χ4v) is 2.62. The third kappa shape index (κ3) is 4.34. The quantitative estimate of drug-likeness (QED) is 0.702. The Kier molecular flexibility index (Phi) is 5.44. The van der Waals surface area contributed by atoms with Gasteiger partial charge in [0.1, 0.15) is 0 Å². The van der Waals surface area contributed by atoms with Crippen LogP contribution in [0, 0.1) is 0 Å². The van der Waals surface area contributed by atoms with E-state index in [-0.39, 0.29) is 6.04 Å². The van der Waals surface area contributed by atoms with E-state index in [1.807, 2.05) is 42.5 Å². The van der Waals surface area contributed by atoms with Crippen LogP contribution in [0.4, 0.5) is 0 Å². The molecule has 2 nitrogen and oxygen atoms in total. The van der Waals surface area contributed by atoms with Crippen LogP contribution in [-0.4, -0.2) is 0 Å². The van der Waals surface area contributed by atoms with E-state index in [1.165, 1.54) is 5.56 Å². The molecule has 0 fully saturated rings. The average Bonchev–Trinajstić information content (AvgIpc) is 2.67. The van der Waals surface area contributed by atoms with Crippen molar-refractivity contribution in [3.63, 3.8) is 0 Å². The second kappa shape index (κ2) is 8.14. The van der Waals surface area contributed by atoms with Crippen molar-refractivity contribution in [2.24, 2.45) is 5.73 Å². The van der Waals surface area contributed by atoms with Gasteiger partial charge in [0, 0.05) is 12.2 Å². The number of rotatable bonds is 6. The summed E-state index contributed by atoms with van der Waals surface area (Å²) in [5, 5.41) is 3.53. The Balaban J connectivity index is 1.83. The highest BCUT2D eigenvalue weighted by molar-refractivity contribution is 5.64. The van der Waals surface area contributed by atoms with E-state index in [4.69, 9.17) is 5.73 Å². The Morgan fingerprint density at radius 1 is 0.792 bits per heavy atom. The van der Waals surface area contributed by atoms with Gasteiger partial charge < -0.3 is 11.1 Å². The highest BCUT2D eigenvalue weighted by atomic mass is 14.9. The summed E-state index contributed by atoms with van der Waals surface area (Å²) < 4.78 is 0. The van der Waals surface area contributed by atoms with E-state index in [2.05, 4.69) is 59.9 Å². The number of benzene rings is 3. The van der Waals surface area contributed by atoms with Crippen LogP contribution in [0.25, 0.3) is 5.70 Å². The summed E-state index contributed by atoms with van der Waals surface area (Å²) in [6, 6.07) is 30.7. The maximum atomic E-state index is 6.39. The standard InChI is InChI=1S/C22H22N2/c23-21(19-12-6-2-7-13-19)16-22(20-14-8-3-9-15-20)24-17-18-10-4-1-5-11-18/h1-16,21,24H,17,23H2/b22-16-. The molecular formula is C22H22N2. The van der Waals surface area contributed by atoms with Crippen LogP contribution in [0.3, 0.4) is 0 Å². The molecule has 24 heavy (non-hydrogen) atoms. The molecule has 3 aromatic rings. The molecule has 0 radical (unpaired) electrons. The topological polar surface area (TPSA) is 38.0 Å². The third-order valence-corrected chi connectivity index (χ3v) is 3.94. The smallest absolute Gasteiger partial charge is 0.0504 e. The van der Waals surface area contributed by atoms with Gasteiger partial charge in [-0.3, -0.25) is 0 Å². The fourth-order valence-electron chi connectivity index (χ4n) is 2.62. The largest absolute Gasteiger partial charge is 0.381 e. The Morgan fingerprint density at radius 3 is 1.96 bits per heavy atom. The summed E-state index contributed by atoms with van der Waals surface area (Å²) in [7, 11) is 0. The minimum atomic E-state index is -0.148. The van der Waals surface area contributed by atoms with Crippen molar-refractivity contribution in [1.82, 2.24) is 5.32 Å². The predicted octanol–water partition coefficient (Wildman–Crippen LogP) is 4.52. The normalized spacial score (nSPS) is 12.6. The first-order valence-corrected chi connectivity index (χ1v) is 8.18. The second-order valence-electron chi connectivity index (χ2n) is 5.72. The molecule has 0 amide bonds. The van der Waals surface area contributed by atoms with E-state index in [0.717, 1.165) is 23.4 Å². The summed E-state index contributed by atoms with van der Waals surface area (Å²) in [5.41, 5.74) is 10.9. The molecule has 0 saturated heterocycles. The molecule has 0 saturated carbocycles. The Hall–Kier alpha value is -2.84. The number of nitrogens with two attached hydrogens (primary N) is 1. The first-order chi connectivity index (χ1) is 11.8. The van der Waals surface area contributed by atoms with Gasteiger partial charge in [-0.15, -0.1) is 0 Å². The molecule has 0 heterocycles. The van der Waals surface area contributed by atoms with Gasteiger partial charge in [0.15, 0.2) is 0 Å². The maximum Gasteiger partial charge on any atom is 0.0504 e. The highest BCUT2D eigenvalue weighted by Crippen LogP contribution is 2.18. The zero-order chi connectivity index (χ0) is 16.6. The summed E-state index contributed by atoms with van der Waals surface area (Å²) in [6.45, 7) is 0.767. The molecule has 1 atom stereocenters. The lowest BCUT2D eigenvalue weighted by atomic mass is 10.0. The van der Waals surface area contributed by atoms with Crippen molar-refractivity contribution in [3.05, 3.63) is 114 Å². The van der Waals surface area contributed by atoms with Gasteiger partial charge in [-0.2, -0.15) is 0 Å². The maximum absolute atomic E-state index is 6.39. The summed E-state index contributed by atoms with van der Waals surface area (Å²) in [5.74, 6) is 0. The molecule has 0 spiro atoms. The van der Waals surface area contributed by atoms with Gasteiger partial charge in [0.25, 0.3) is 0 Å². The zero-order valence-corrected chi connectivity index (χ0v) is 13.6. The van der Waals surface area contributed by atoms with Gasteiger partial charge in [-0.1, -0.05) is 91.0 Å². The number of hydrogen-bond acceptors (Lipinski definition) is 2. The lowest BCUT2D eigenvalue weighted by molar-refractivity contribution is 0.858. The van der Waals surface area contributed by atoms with E-state index in [9.17, 15) is 0 Å². The van der Waals surface area contributed by atoms with Crippen molar-refractivity contribution >= 4 is 5.70 Å². The summed E-state index contributed by atoms with van der Waals surface area (Å²) >= 11 is 0. The first-order valence-electron chi connectivity index (χ1n) is 8.18. The number of hydrogen-bond donors (Lipinski definition) is 2. The summed E-state index contributed by atoms with van der Waals surface area (Å²) in [6.07, 6.45) is 2.09. The van der Waals surface area contributed by atoms with Crippen molar-refractivity contribution < 1.29 is 0 Å². The Morgan fingerprint density at radius 2 is 1.33 bits per heavy atom. The van der Waals surface area contributed by atoms with Gasteiger partial charge in [-0.05, 0) is 22.8 Å². The van der Waals surface area contributed by atoms with Crippen molar-refractivity contribution in [1.29, 1.82) is 0 Å². The lowest BCUT2D eigenvalue weighted by Gasteiger charge is -2.15. The van der Waals surface area contributed by atoms with Crippen LogP contribution in [-0.2, 0) is 6.54 Å². The van der Waals surface area contributed by atoms with Crippen molar-refractivity contribution in [3.8, 4) is 0 Å². The Bertz CT molecular complexity index is 765. The molecule has 3 aromatic carbocycles. The van der Waals surface area contributed by atoms with E-state index >= 15 is 0 Å². The second-order valence-corrected chi connectivity index (χ2v) is 5.72. The van der Waals surface area contributed by atoms with Crippen molar-refractivity contribution in [2.75, 3.05) is 0 Å². The molecule has 1 unspecified atom stereocenters. The molecule has 3 N–H and O–H groups in total. The SMILES string of the molecule is NC(/C=C(\NCc1ccccc1)c1ccccc1)c1ccccc1. The molecule has 0 aromatic heterocycles. The lowest BCUT2D eigenvalue weighted by Crippen LogP contribution is -2.15. The summed E-state index contributed by atoms with van der Waals surface area (Å²) in [4.78, 5) is 0. The highest BCUT2D eigenvalue weighted by Gasteiger charge is 2.07. The van der Waals surface area contributed by atoms with Gasteiger partial charge in [-0.25, -0.2) is 0 Å². The van der Waals surface area contributed by atoms with Crippen LogP contribution < -0.4 is 11.1 Å². The molecule has 0 aliphatic heterocycles. The minimum absolute atomic E-state index is 0.148. The van der Waals surface area contributed by atoms with Gasteiger partial charge in [0.05, 0.1) is 6.04 Å². The van der Waals surface area contributed by atoms with Crippen LogP contribution in [0.1, 0.15) is 22.7 Å². The molecular weight excluding hydrogens is 292 g/mol. The van der Waals surface area contributed by atoms with Gasteiger partial charge >= 0.3 is 0 Å². The predicted molar refractivity (Wildman–Crippen MR) is 101 cm³/mol. The van der Waals surface area contributed by atoms with Crippen LogP contribution in [0.15, 0.2) is 97.1 Å². The average molecular weight is 314 g/mol. The molecule has 0 bridgehead atoms. The Labute approximate surface area is 143 Å². The third-order valence-electron chi connectivity index (χ3n) is 3.94.